The average molecular weight is 348 g/mol. The van der Waals surface area contributed by atoms with E-state index < -0.39 is 0 Å². The van der Waals surface area contributed by atoms with Crippen molar-refractivity contribution in [3.63, 3.8) is 0 Å². The van der Waals surface area contributed by atoms with Crippen LogP contribution in [0, 0.1) is 11.3 Å². The van der Waals surface area contributed by atoms with Gasteiger partial charge in [-0.05, 0) is 35.2 Å². The van der Waals surface area contributed by atoms with Crippen LogP contribution in [0.4, 0.5) is 11.4 Å². The van der Waals surface area contributed by atoms with Crippen LogP contribution >= 0.6 is 0 Å². The number of nitrogens with one attached hydrogen (secondary N) is 2. The fraction of sp³-hybridized carbons (Fsp3) is 0.318. The average Bonchev–Trinajstić information content (AvgIpc) is 2.77. The van der Waals surface area contributed by atoms with Gasteiger partial charge in [0.25, 0.3) is 0 Å². The van der Waals surface area contributed by atoms with Crippen molar-refractivity contribution in [2.75, 3.05) is 17.7 Å². The number of para-hydroxylation sites is 2. The van der Waals surface area contributed by atoms with E-state index >= 15 is 0 Å². The second-order valence-electron chi connectivity index (χ2n) is 7.78. The Kier molecular flexibility index (Phi) is 3.98. The van der Waals surface area contributed by atoms with Crippen LogP contribution in [-0.4, -0.2) is 12.9 Å². The molecule has 0 aromatic heterocycles. The first kappa shape index (κ1) is 16.7. The minimum atomic E-state index is -0.248. The number of hydrogen-bond donors (Lipinski definition) is 2. The first-order valence-corrected chi connectivity index (χ1v) is 8.99. The third-order valence-corrected chi connectivity index (χ3v) is 5.16. The van der Waals surface area contributed by atoms with Crippen LogP contribution < -0.4 is 15.4 Å². The Labute approximate surface area is 154 Å². The molecule has 4 nitrogen and oxygen atoms in total. The summed E-state index contributed by atoms with van der Waals surface area (Å²) in [5.41, 5.74) is 3.89. The van der Waals surface area contributed by atoms with E-state index in [2.05, 4.69) is 36.6 Å². The molecule has 26 heavy (non-hydrogen) atoms. The van der Waals surface area contributed by atoms with Gasteiger partial charge in [0.1, 0.15) is 11.5 Å². The highest BCUT2D eigenvalue weighted by Crippen LogP contribution is 2.45. The summed E-state index contributed by atoms with van der Waals surface area (Å²) >= 11 is 0. The molecule has 0 amide bonds. The van der Waals surface area contributed by atoms with E-state index in [0.717, 1.165) is 28.4 Å². The Morgan fingerprint density at radius 3 is 2.62 bits per heavy atom. The van der Waals surface area contributed by atoms with Gasteiger partial charge in [-0.15, -0.1) is 0 Å². The number of rotatable bonds is 2. The van der Waals surface area contributed by atoms with Crippen LogP contribution in [0.3, 0.4) is 0 Å². The molecule has 2 atom stereocenters. The molecule has 0 fully saturated rings. The lowest BCUT2D eigenvalue weighted by Gasteiger charge is -2.35. The van der Waals surface area contributed by atoms with Gasteiger partial charge in [-0.2, -0.15) is 0 Å². The summed E-state index contributed by atoms with van der Waals surface area (Å²) in [4.78, 5) is 13.1. The van der Waals surface area contributed by atoms with Gasteiger partial charge in [0.05, 0.1) is 30.4 Å². The fourth-order valence-electron chi connectivity index (χ4n) is 4.01. The number of methoxy groups -OCH3 is 1. The zero-order chi connectivity index (χ0) is 18.3. The van der Waals surface area contributed by atoms with Crippen molar-refractivity contribution < 1.29 is 9.53 Å². The lowest BCUT2D eigenvalue weighted by atomic mass is 9.72. The fourth-order valence-corrected chi connectivity index (χ4v) is 4.01. The van der Waals surface area contributed by atoms with E-state index in [-0.39, 0.29) is 23.2 Å². The Morgan fingerprint density at radius 2 is 1.85 bits per heavy atom. The largest absolute Gasteiger partial charge is 0.497 e. The molecule has 0 spiro atoms. The molecule has 4 heteroatoms. The predicted octanol–water partition coefficient (Wildman–Crippen LogP) is 4.77. The maximum atomic E-state index is 13.1. The summed E-state index contributed by atoms with van der Waals surface area (Å²) in [6.45, 7) is 4.22. The minimum absolute atomic E-state index is 0.143. The highest BCUT2D eigenvalue weighted by Gasteiger charge is 2.41. The number of carbonyl (C=O) groups is 1. The topological polar surface area (TPSA) is 50.4 Å². The first-order valence-electron chi connectivity index (χ1n) is 8.99. The zero-order valence-corrected chi connectivity index (χ0v) is 15.4. The second kappa shape index (κ2) is 6.20. The molecule has 1 aliphatic carbocycles. The van der Waals surface area contributed by atoms with Gasteiger partial charge in [0.2, 0.25) is 0 Å². The van der Waals surface area contributed by atoms with E-state index in [1.807, 2.05) is 42.5 Å². The summed E-state index contributed by atoms with van der Waals surface area (Å²) in [7, 11) is 1.66. The quantitative estimate of drug-likeness (QED) is 0.820. The molecule has 4 rings (SSSR count). The van der Waals surface area contributed by atoms with Gasteiger partial charge in [0, 0.05) is 12.1 Å². The Bertz CT molecular complexity index is 885. The van der Waals surface area contributed by atoms with Crippen LogP contribution in [0.5, 0.6) is 5.75 Å². The van der Waals surface area contributed by atoms with Crippen molar-refractivity contribution in [3.8, 4) is 5.75 Å². The van der Waals surface area contributed by atoms with Gasteiger partial charge < -0.3 is 15.4 Å². The standard InChI is InChI=1S/C22H24N2O2/c1-22(2)12-18-20(19(25)13-22)21(14-7-6-8-15(11-14)26-3)24-17-10-5-4-9-16(17)23-18/h4-12,20-21,23-24H,13H2,1-3H3. The molecule has 0 bridgehead atoms. The van der Waals surface area contributed by atoms with Crippen LogP contribution in [0.1, 0.15) is 31.9 Å². The normalized spacial score (nSPS) is 23.5. The highest BCUT2D eigenvalue weighted by atomic mass is 16.5. The van der Waals surface area contributed by atoms with Gasteiger partial charge in [-0.3, -0.25) is 4.79 Å². The molecule has 134 valence electrons. The first-order chi connectivity index (χ1) is 12.5. The number of carbonyl (C=O) groups excluding carboxylic acids is 1. The smallest absolute Gasteiger partial charge is 0.145 e. The predicted molar refractivity (Wildman–Crippen MR) is 104 cm³/mol. The summed E-state index contributed by atoms with van der Waals surface area (Å²) in [5, 5.41) is 7.13. The monoisotopic (exact) mass is 348 g/mol. The molecule has 0 saturated carbocycles. The van der Waals surface area contributed by atoms with Gasteiger partial charge >= 0.3 is 0 Å². The van der Waals surface area contributed by atoms with E-state index in [9.17, 15) is 4.79 Å². The molecule has 2 aliphatic rings. The minimum Gasteiger partial charge on any atom is -0.497 e. The van der Waals surface area contributed by atoms with Crippen molar-refractivity contribution >= 4 is 17.2 Å². The highest BCUT2D eigenvalue weighted by molar-refractivity contribution is 5.90. The van der Waals surface area contributed by atoms with Crippen LogP contribution in [0.15, 0.2) is 60.3 Å². The van der Waals surface area contributed by atoms with E-state index in [4.69, 9.17) is 4.74 Å². The Balaban J connectivity index is 1.87. The van der Waals surface area contributed by atoms with Crippen LogP contribution in [-0.2, 0) is 4.79 Å². The van der Waals surface area contributed by atoms with E-state index in [0.29, 0.717) is 6.42 Å². The van der Waals surface area contributed by atoms with E-state index in [1.165, 1.54) is 0 Å². The summed E-state index contributed by atoms with van der Waals surface area (Å²) in [6, 6.07) is 15.9. The molecule has 1 aliphatic heterocycles. The summed E-state index contributed by atoms with van der Waals surface area (Å²) in [6.07, 6.45) is 2.76. The maximum Gasteiger partial charge on any atom is 0.145 e. The number of hydrogen-bond acceptors (Lipinski definition) is 4. The molecule has 2 N–H and O–H groups in total. The van der Waals surface area contributed by atoms with Crippen molar-refractivity contribution in [1.29, 1.82) is 0 Å². The third-order valence-electron chi connectivity index (χ3n) is 5.16. The number of ketones is 1. The van der Waals surface area contributed by atoms with Crippen LogP contribution in [0.25, 0.3) is 0 Å². The zero-order valence-electron chi connectivity index (χ0n) is 15.4. The molecule has 0 saturated heterocycles. The molecule has 1 heterocycles. The Hall–Kier alpha value is -2.75. The summed E-state index contributed by atoms with van der Waals surface area (Å²) in [5.74, 6) is 0.805. The SMILES string of the molecule is COc1cccc(C2Nc3ccccc3NC3=CC(C)(C)CC(=O)C32)c1. The molecule has 0 radical (unpaired) electrons. The van der Waals surface area contributed by atoms with Crippen LogP contribution in [0.2, 0.25) is 0 Å². The lowest BCUT2D eigenvalue weighted by Crippen LogP contribution is -2.36. The number of anilines is 2. The second-order valence-corrected chi connectivity index (χ2v) is 7.78. The van der Waals surface area contributed by atoms with Crippen molar-refractivity contribution in [3.05, 3.63) is 65.9 Å². The molecular weight excluding hydrogens is 324 g/mol. The molecular formula is C22H24N2O2. The number of allylic oxidation sites excluding steroid dienone is 1. The van der Waals surface area contributed by atoms with Gasteiger partial charge in [0.15, 0.2) is 0 Å². The maximum absolute atomic E-state index is 13.1. The van der Waals surface area contributed by atoms with Gasteiger partial charge in [-0.25, -0.2) is 0 Å². The third kappa shape index (κ3) is 2.96. The molecule has 2 aromatic carbocycles. The van der Waals surface area contributed by atoms with Gasteiger partial charge in [-0.1, -0.05) is 44.2 Å². The number of ether oxygens (including phenoxy) is 1. The lowest BCUT2D eigenvalue weighted by molar-refractivity contribution is -0.124. The van der Waals surface area contributed by atoms with E-state index in [1.54, 1.807) is 7.11 Å². The number of Topliss-reactive ketones (excluding diaryl/α,β-unsaturated/α-hetero) is 1. The molecule has 2 aromatic rings. The summed E-state index contributed by atoms with van der Waals surface area (Å²) < 4.78 is 5.40. The number of benzene rings is 2. The Morgan fingerprint density at radius 1 is 1.08 bits per heavy atom. The molecule has 2 unspecified atom stereocenters. The number of fused-ring (bicyclic) bond motifs is 2. The van der Waals surface area contributed by atoms with Crippen molar-refractivity contribution in [1.82, 2.24) is 0 Å². The van der Waals surface area contributed by atoms with Crippen molar-refractivity contribution in [2.45, 2.75) is 26.3 Å². The van der Waals surface area contributed by atoms with Crippen molar-refractivity contribution in [2.24, 2.45) is 11.3 Å².